The van der Waals surface area contributed by atoms with Gasteiger partial charge in [0.25, 0.3) is 15.6 Å². The number of aromatic nitrogens is 2. The van der Waals surface area contributed by atoms with E-state index in [2.05, 4.69) is 5.32 Å². The van der Waals surface area contributed by atoms with Gasteiger partial charge in [-0.2, -0.15) is 0 Å². The minimum absolute atomic E-state index is 0.0457. The van der Waals surface area contributed by atoms with Gasteiger partial charge in [-0.15, -0.1) is 11.8 Å². The lowest BCUT2D eigenvalue weighted by atomic mass is 10.3. The van der Waals surface area contributed by atoms with Crippen molar-refractivity contribution in [2.45, 2.75) is 23.6 Å². The van der Waals surface area contributed by atoms with E-state index >= 15 is 0 Å². The molecule has 4 rings (SSSR count). The van der Waals surface area contributed by atoms with Crippen LogP contribution in [0.5, 0.6) is 5.75 Å². The van der Waals surface area contributed by atoms with Crippen molar-refractivity contribution >= 4 is 39.1 Å². The number of para-hydroxylation sites is 1. The van der Waals surface area contributed by atoms with Gasteiger partial charge in [-0.05, 0) is 80.8 Å². The fraction of sp³-hybridized carbons (Fsp3) is 0.214. The first-order valence-corrected chi connectivity index (χ1v) is 14.9. The molecule has 0 aliphatic heterocycles. The number of sulfonamides is 1. The van der Waals surface area contributed by atoms with Crippen LogP contribution in [0.3, 0.4) is 0 Å². The largest absolute Gasteiger partial charge is 0.494 e. The zero-order valence-corrected chi connectivity index (χ0v) is 23.8. The Balaban J connectivity index is 1.68. The molecule has 0 saturated heterocycles. The summed E-state index contributed by atoms with van der Waals surface area (Å²) in [6.07, 6.45) is 1.90. The Bertz CT molecular complexity index is 1610. The lowest BCUT2D eigenvalue weighted by Crippen LogP contribution is -2.38. The molecule has 0 radical (unpaired) electrons. The molecule has 1 heterocycles. The highest BCUT2D eigenvalue weighted by molar-refractivity contribution is 7.98. The molecule has 0 bridgehead atoms. The van der Waals surface area contributed by atoms with Gasteiger partial charge < -0.3 is 10.1 Å². The monoisotopic (exact) mass is 566 g/mol. The molecule has 11 heteroatoms. The number of hydrogen-bond acceptors (Lipinski definition) is 6. The molecule has 1 aromatic heterocycles. The maximum atomic E-state index is 13.7. The maximum Gasteiger partial charge on any atom is 0.295 e. The summed E-state index contributed by atoms with van der Waals surface area (Å²) in [7, 11) is -2.41. The molecule has 1 amide bonds. The highest BCUT2D eigenvalue weighted by Gasteiger charge is 2.28. The molecule has 0 fully saturated rings. The second kappa shape index (κ2) is 11.8. The van der Waals surface area contributed by atoms with Crippen LogP contribution in [0.15, 0.2) is 93.4 Å². The summed E-state index contributed by atoms with van der Waals surface area (Å²) >= 11 is 1.50. The summed E-state index contributed by atoms with van der Waals surface area (Å²) in [6, 6.07) is 22.0. The topological polar surface area (TPSA) is 103 Å². The normalized spacial score (nSPS) is 11.3. The van der Waals surface area contributed by atoms with E-state index in [1.807, 2.05) is 31.4 Å². The number of amides is 1. The molecule has 4 aromatic rings. The molecular formula is C28H30N4O5S2. The number of nitrogens with zero attached hydrogens (tertiary/aromatic N) is 3. The SMILES string of the molecule is CCOc1ccc(N(CC(=O)Nc2c(C)n(C)n(-c3ccccc3)c2=O)S(=O)(=O)c2ccc(SC)cc2)cc1. The van der Waals surface area contributed by atoms with Crippen LogP contribution >= 0.6 is 11.8 Å². The van der Waals surface area contributed by atoms with Crippen LogP contribution in [0.25, 0.3) is 5.69 Å². The lowest BCUT2D eigenvalue weighted by molar-refractivity contribution is -0.114. The van der Waals surface area contributed by atoms with E-state index in [0.29, 0.717) is 23.7 Å². The van der Waals surface area contributed by atoms with Crippen LogP contribution in [0.4, 0.5) is 11.4 Å². The van der Waals surface area contributed by atoms with Crippen molar-refractivity contribution in [2.75, 3.05) is 29.0 Å². The number of carbonyl (C=O) groups excluding carboxylic acids is 1. The van der Waals surface area contributed by atoms with E-state index < -0.39 is 28.0 Å². The second-order valence-electron chi connectivity index (χ2n) is 8.60. The minimum atomic E-state index is -4.12. The maximum absolute atomic E-state index is 13.7. The van der Waals surface area contributed by atoms with Gasteiger partial charge in [0.15, 0.2) is 0 Å². The van der Waals surface area contributed by atoms with E-state index in [4.69, 9.17) is 4.74 Å². The zero-order valence-electron chi connectivity index (χ0n) is 22.1. The van der Waals surface area contributed by atoms with E-state index in [-0.39, 0.29) is 16.3 Å². The molecule has 0 saturated carbocycles. The zero-order chi connectivity index (χ0) is 28.2. The van der Waals surface area contributed by atoms with Crippen LogP contribution in [-0.4, -0.2) is 43.1 Å². The molecule has 3 aromatic carbocycles. The summed E-state index contributed by atoms with van der Waals surface area (Å²) < 4.78 is 37.1. The van der Waals surface area contributed by atoms with Crippen molar-refractivity contribution in [3.63, 3.8) is 0 Å². The highest BCUT2D eigenvalue weighted by atomic mass is 32.2. The Morgan fingerprint density at radius 1 is 1.00 bits per heavy atom. The third-order valence-corrected chi connectivity index (χ3v) is 8.72. The smallest absolute Gasteiger partial charge is 0.295 e. The van der Waals surface area contributed by atoms with Gasteiger partial charge in [0.05, 0.1) is 28.6 Å². The lowest BCUT2D eigenvalue weighted by Gasteiger charge is -2.24. The Morgan fingerprint density at radius 2 is 1.64 bits per heavy atom. The Morgan fingerprint density at radius 3 is 2.23 bits per heavy atom. The van der Waals surface area contributed by atoms with Gasteiger partial charge in [-0.3, -0.25) is 18.6 Å². The summed E-state index contributed by atoms with van der Waals surface area (Å²) in [5, 5.41) is 2.66. The second-order valence-corrected chi connectivity index (χ2v) is 11.3. The van der Waals surface area contributed by atoms with E-state index in [1.54, 1.807) is 67.2 Å². The summed E-state index contributed by atoms with van der Waals surface area (Å²) in [5.74, 6) is -0.0760. The highest BCUT2D eigenvalue weighted by Crippen LogP contribution is 2.27. The third-order valence-electron chi connectivity index (χ3n) is 6.19. The molecule has 0 aliphatic carbocycles. The minimum Gasteiger partial charge on any atom is -0.494 e. The molecule has 0 aliphatic rings. The predicted molar refractivity (Wildman–Crippen MR) is 155 cm³/mol. The van der Waals surface area contributed by atoms with Gasteiger partial charge in [-0.25, -0.2) is 13.1 Å². The number of rotatable bonds is 10. The molecule has 0 unspecified atom stereocenters. The van der Waals surface area contributed by atoms with Crippen molar-refractivity contribution in [1.82, 2.24) is 9.36 Å². The Labute approximate surface area is 232 Å². The fourth-order valence-corrected chi connectivity index (χ4v) is 5.92. The van der Waals surface area contributed by atoms with Crippen molar-refractivity contribution in [3.8, 4) is 11.4 Å². The van der Waals surface area contributed by atoms with E-state index in [9.17, 15) is 18.0 Å². The Kier molecular flexibility index (Phi) is 8.51. The van der Waals surface area contributed by atoms with Crippen LogP contribution in [-0.2, 0) is 21.9 Å². The number of ether oxygens (including phenoxy) is 1. The van der Waals surface area contributed by atoms with Crippen LogP contribution < -0.4 is 19.9 Å². The number of hydrogen-bond donors (Lipinski definition) is 1. The van der Waals surface area contributed by atoms with Crippen molar-refractivity contribution < 1.29 is 17.9 Å². The van der Waals surface area contributed by atoms with Gasteiger partial charge in [-0.1, -0.05) is 18.2 Å². The van der Waals surface area contributed by atoms with E-state index in [1.165, 1.54) is 28.6 Å². The first-order valence-electron chi connectivity index (χ1n) is 12.2. The first kappa shape index (κ1) is 28.1. The van der Waals surface area contributed by atoms with Crippen LogP contribution in [0.2, 0.25) is 0 Å². The average Bonchev–Trinajstić information content (AvgIpc) is 3.15. The fourth-order valence-electron chi connectivity index (χ4n) is 4.09. The van der Waals surface area contributed by atoms with Gasteiger partial charge in [0.2, 0.25) is 5.91 Å². The third kappa shape index (κ3) is 5.89. The number of thioether (sulfide) groups is 1. The number of nitrogens with one attached hydrogen (secondary N) is 1. The average molecular weight is 567 g/mol. The number of anilines is 2. The van der Waals surface area contributed by atoms with Gasteiger partial charge in [0, 0.05) is 11.9 Å². The van der Waals surface area contributed by atoms with Crippen LogP contribution in [0.1, 0.15) is 12.6 Å². The first-order chi connectivity index (χ1) is 18.7. The van der Waals surface area contributed by atoms with Crippen LogP contribution in [0, 0.1) is 6.92 Å². The standard InChI is InChI=1S/C28H30N4O5S2/c1-5-37-23-13-11-21(12-14-23)31(39(35,36)25-17-15-24(38-4)16-18-25)19-26(33)29-27-20(2)30(3)32(28(27)34)22-9-7-6-8-10-22/h6-18H,5,19H2,1-4H3,(H,29,33). The van der Waals surface area contributed by atoms with Crippen molar-refractivity contribution in [2.24, 2.45) is 7.05 Å². The molecule has 39 heavy (non-hydrogen) atoms. The van der Waals surface area contributed by atoms with Gasteiger partial charge >= 0.3 is 0 Å². The van der Waals surface area contributed by atoms with Gasteiger partial charge in [0.1, 0.15) is 18.0 Å². The molecule has 0 atom stereocenters. The molecule has 1 N–H and O–H groups in total. The summed E-state index contributed by atoms with van der Waals surface area (Å²) in [5.41, 5.74) is 1.12. The molecule has 204 valence electrons. The predicted octanol–water partition coefficient (Wildman–Crippen LogP) is 4.44. The number of carbonyl (C=O) groups is 1. The number of benzene rings is 3. The Hall–Kier alpha value is -3.96. The van der Waals surface area contributed by atoms with Crippen molar-refractivity contribution in [1.29, 1.82) is 0 Å². The molecular weight excluding hydrogens is 536 g/mol. The van der Waals surface area contributed by atoms with E-state index in [0.717, 1.165) is 9.20 Å². The molecule has 0 spiro atoms. The van der Waals surface area contributed by atoms with Crippen molar-refractivity contribution in [3.05, 3.63) is 94.9 Å². The summed E-state index contributed by atoms with van der Waals surface area (Å²) in [6.45, 7) is 3.48. The quantitative estimate of drug-likeness (QED) is 0.285. The summed E-state index contributed by atoms with van der Waals surface area (Å²) in [4.78, 5) is 27.5. The molecule has 9 nitrogen and oxygen atoms in total.